The number of nitrogens with zero attached hydrogens (tertiary/aromatic N) is 1. The molecule has 4 heteroatoms. The molecule has 0 spiro atoms. The van der Waals surface area contributed by atoms with Crippen LogP contribution in [0, 0.1) is 6.92 Å². The van der Waals surface area contributed by atoms with Crippen LogP contribution in [0.3, 0.4) is 0 Å². The van der Waals surface area contributed by atoms with Gasteiger partial charge in [0.15, 0.2) is 0 Å². The molecule has 1 atom stereocenters. The van der Waals surface area contributed by atoms with E-state index in [9.17, 15) is 5.11 Å². The van der Waals surface area contributed by atoms with Gasteiger partial charge in [0.05, 0.1) is 11.3 Å². The smallest absolute Gasteiger partial charge is 0.0827 e. The van der Waals surface area contributed by atoms with Crippen LogP contribution in [0.4, 0.5) is 0 Å². The van der Waals surface area contributed by atoms with E-state index in [0.29, 0.717) is 13.0 Å². The van der Waals surface area contributed by atoms with Gasteiger partial charge >= 0.3 is 0 Å². The zero-order chi connectivity index (χ0) is 10.0. The fourth-order valence-electron chi connectivity index (χ4n) is 2.00. The number of aromatic nitrogens is 2. The second kappa shape index (κ2) is 3.71. The molecule has 1 saturated heterocycles. The maximum absolute atomic E-state index is 10.2. The lowest BCUT2D eigenvalue weighted by Crippen LogP contribution is -2.47. The van der Waals surface area contributed by atoms with Crippen LogP contribution in [-0.4, -0.2) is 34.0 Å². The summed E-state index contributed by atoms with van der Waals surface area (Å²) in [5, 5.41) is 20.5. The molecule has 0 radical (unpaired) electrons. The van der Waals surface area contributed by atoms with Crippen LogP contribution in [0.1, 0.15) is 24.2 Å². The maximum Gasteiger partial charge on any atom is 0.0827 e. The van der Waals surface area contributed by atoms with Gasteiger partial charge in [0.25, 0.3) is 0 Å². The number of β-amino-alcohol motifs (C(OH)–C–C–N with tert-alkyl or cyclic N) is 1. The zero-order valence-corrected chi connectivity index (χ0v) is 8.51. The molecule has 1 aromatic rings. The molecule has 3 N–H and O–H groups in total. The van der Waals surface area contributed by atoms with Crippen molar-refractivity contribution in [2.75, 3.05) is 13.1 Å². The van der Waals surface area contributed by atoms with E-state index < -0.39 is 5.60 Å². The van der Waals surface area contributed by atoms with Gasteiger partial charge in [-0.25, -0.2) is 0 Å². The number of H-pyrrole nitrogens is 1. The Morgan fingerprint density at radius 1 is 1.64 bits per heavy atom. The molecule has 1 unspecified atom stereocenters. The Kier molecular flexibility index (Phi) is 2.56. The zero-order valence-electron chi connectivity index (χ0n) is 8.51. The number of aryl methyl sites for hydroxylation is 1. The van der Waals surface area contributed by atoms with E-state index in [4.69, 9.17) is 0 Å². The first-order valence-electron chi connectivity index (χ1n) is 5.12. The number of piperidine rings is 1. The predicted octanol–water partition coefficient (Wildman–Crippen LogP) is 0.375. The molecular weight excluding hydrogens is 178 g/mol. The molecule has 0 saturated carbocycles. The van der Waals surface area contributed by atoms with Crippen molar-refractivity contribution in [2.24, 2.45) is 0 Å². The van der Waals surface area contributed by atoms with E-state index in [1.165, 1.54) is 0 Å². The summed E-state index contributed by atoms with van der Waals surface area (Å²) in [6, 6.07) is 1.99. The van der Waals surface area contributed by atoms with Crippen LogP contribution in [0.15, 0.2) is 6.07 Å². The number of nitrogens with one attached hydrogen (secondary N) is 2. The Balaban J connectivity index is 2.01. The first-order chi connectivity index (χ1) is 6.68. The van der Waals surface area contributed by atoms with E-state index in [0.717, 1.165) is 30.8 Å². The van der Waals surface area contributed by atoms with Crippen molar-refractivity contribution in [2.45, 2.75) is 31.8 Å². The summed E-state index contributed by atoms with van der Waals surface area (Å²) in [7, 11) is 0. The van der Waals surface area contributed by atoms with Gasteiger partial charge in [-0.3, -0.25) is 5.10 Å². The highest BCUT2D eigenvalue weighted by molar-refractivity contribution is 5.10. The molecule has 1 fully saturated rings. The van der Waals surface area contributed by atoms with E-state index in [-0.39, 0.29) is 0 Å². The topological polar surface area (TPSA) is 60.9 Å². The number of hydrogen-bond acceptors (Lipinski definition) is 3. The lowest BCUT2D eigenvalue weighted by Gasteiger charge is -2.31. The second-order valence-electron chi connectivity index (χ2n) is 4.22. The molecule has 0 aliphatic carbocycles. The van der Waals surface area contributed by atoms with Crippen LogP contribution < -0.4 is 5.32 Å². The third-order valence-corrected chi connectivity index (χ3v) is 2.72. The Hall–Kier alpha value is -0.870. The van der Waals surface area contributed by atoms with Crippen molar-refractivity contribution in [3.05, 3.63) is 17.5 Å². The van der Waals surface area contributed by atoms with Crippen molar-refractivity contribution in [1.29, 1.82) is 0 Å². The second-order valence-corrected chi connectivity index (χ2v) is 4.22. The number of aliphatic hydroxyl groups is 1. The molecule has 0 bridgehead atoms. The number of hydrogen-bond donors (Lipinski definition) is 3. The van der Waals surface area contributed by atoms with Gasteiger partial charge in [-0.05, 0) is 32.4 Å². The normalized spacial score (nSPS) is 27.9. The summed E-state index contributed by atoms with van der Waals surface area (Å²) in [6.45, 7) is 3.67. The average molecular weight is 195 g/mol. The van der Waals surface area contributed by atoms with Crippen LogP contribution in [0.5, 0.6) is 0 Å². The minimum Gasteiger partial charge on any atom is -0.388 e. The summed E-state index contributed by atoms with van der Waals surface area (Å²) in [5.74, 6) is 0. The number of rotatable bonds is 2. The fraction of sp³-hybridized carbons (Fsp3) is 0.700. The molecule has 2 rings (SSSR count). The highest BCUT2D eigenvalue weighted by atomic mass is 16.3. The largest absolute Gasteiger partial charge is 0.388 e. The molecule has 1 aliphatic heterocycles. The van der Waals surface area contributed by atoms with Gasteiger partial charge in [0.2, 0.25) is 0 Å². The molecule has 0 amide bonds. The standard InChI is InChI=1S/C10H17N3O/c1-8-5-9(13-12-8)6-10(14)3-2-4-11-7-10/h5,11,14H,2-4,6-7H2,1H3,(H,12,13). The number of aromatic amines is 1. The lowest BCUT2D eigenvalue weighted by molar-refractivity contribution is 0.0161. The molecular formula is C10H17N3O. The predicted molar refractivity (Wildman–Crippen MR) is 54.1 cm³/mol. The van der Waals surface area contributed by atoms with Crippen molar-refractivity contribution >= 4 is 0 Å². The molecule has 4 nitrogen and oxygen atoms in total. The molecule has 78 valence electrons. The van der Waals surface area contributed by atoms with Gasteiger partial charge in [0, 0.05) is 18.7 Å². The van der Waals surface area contributed by atoms with E-state index in [1.54, 1.807) is 0 Å². The third kappa shape index (κ3) is 2.13. The molecule has 1 aliphatic rings. The van der Waals surface area contributed by atoms with Crippen LogP contribution in [-0.2, 0) is 6.42 Å². The Morgan fingerprint density at radius 3 is 3.07 bits per heavy atom. The van der Waals surface area contributed by atoms with Crippen molar-refractivity contribution in [3.63, 3.8) is 0 Å². The maximum atomic E-state index is 10.2. The lowest BCUT2D eigenvalue weighted by atomic mass is 9.89. The van der Waals surface area contributed by atoms with Gasteiger partial charge in [-0.15, -0.1) is 0 Å². The average Bonchev–Trinajstić information content (AvgIpc) is 2.51. The summed E-state index contributed by atoms with van der Waals surface area (Å²) >= 11 is 0. The monoisotopic (exact) mass is 195 g/mol. The van der Waals surface area contributed by atoms with Gasteiger partial charge < -0.3 is 10.4 Å². The van der Waals surface area contributed by atoms with Crippen LogP contribution >= 0.6 is 0 Å². The Morgan fingerprint density at radius 2 is 2.50 bits per heavy atom. The van der Waals surface area contributed by atoms with Crippen LogP contribution in [0.2, 0.25) is 0 Å². The minimum atomic E-state index is -0.597. The van der Waals surface area contributed by atoms with E-state index >= 15 is 0 Å². The van der Waals surface area contributed by atoms with Crippen molar-refractivity contribution in [3.8, 4) is 0 Å². The quantitative estimate of drug-likeness (QED) is 0.639. The highest BCUT2D eigenvalue weighted by Crippen LogP contribution is 2.20. The van der Waals surface area contributed by atoms with Crippen LogP contribution in [0.25, 0.3) is 0 Å². The fourth-order valence-corrected chi connectivity index (χ4v) is 2.00. The third-order valence-electron chi connectivity index (χ3n) is 2.72. The first-order valence-corrected chi connectivity index (χ1v) is 5.12. The van der Waals surface area contributed by atoms with E-state index in [1.807, 2.05) is 13.0 Å². The highest BCUT2D eigenvalue weighted by Gasteiger charge is 2.29. The molecule has 1 aromatic heterocycles. The van der Waals surface area contributed by atoms with Crippen molar-refractivity contribution < 1.29 is 5.11 Å². The summed E-state index contributed by atoms with van der Waals surface area (Å²) in [5.41, 5.74) is 1.40. The summed E-state index contributed by atoms with van der Waals surface area (Å²) in [6.07, 6.45) is 2.55. The van der Waals surface area contributed by atoms with Gasteiger partial charge in [-0.2, -0.15) is 5.10 Å². The Bertz CT molecular complexity index is 302. The minimum absolute atomic E-state index is 0.597. The Labute approximate surface area is 83.7 Å². The van der Waals surface area contributed by atoms with Crippen molar-refractivity contribution in [1.82, 2.24) is 15.5 Å². The molecule has 0 aromatic carbocycles. The van der Waals surface area contributed by atoms with Gasteiger partial charge in [-0.1, -0.05) is 0 Å². The SMILES string of the molecule is Cc1cc(CC2(O)CCCNC2)n[nH]1. The molecule has 2 heterocycles. The van der Waals surface area contributed by atoms with Gasteiger partial charge in [0.1, 0.15) is 0 Å². The van der Waals surface area contributed by atoms with E-state index in [2.05, 4.69) is 15.5 Å². The molecule has 14 heavy (non-hydrogen) atoms. The summed E-state index contributed by atoms with van der Waals surface area (Å²) < 4.78 is 0. The first kappa shape index (κ1) is 9.68. The summed E-state index contributed by atoms with van der Waals surface area (Å²) in [4.78, 5) is 0.